The average Bonchev–Trinajstić information content (AvgIpc) is 2.98. The zero-order valence-electron chi connectivity index (χ0n) is 27.6. The second-order valence-corrected chi connectivity index (χ2v) is 12.6. The smallest absolute Gasteiger partial charge is 0.229 e. The minimum absolute atomic E-state index is 0.0286. The summed E-state index contributed by atoms with van der Waals surface area (Å²) in [6.07, 6.45) is 11.6. The molecule has 0 spiro atoms. The number of hydrogen-bond donors (Lipinski definition) is 8. The van der Waals surface area contributed by atoms with E-state index in [0.717, 1.165) is 89.4 Å². The van der Waals surface area contributed by atoms with Gasteiger partial charge in [0, 0.05) is 51.5 Å². The molecule has 10 N–H and O–H groups in total. The summed E-state index contributed by atoms with van der Waals surface area (Å²) in [5.74, 6) is 2.49. The molecular weight excluding hydrogens is 601 g/mol. The first-order valence-corrected chi connectivity index (χ1v) is 18.6. The number of thioether (sulfide) groups is 2. The summed E-state index contributed by atoms with van der Waals surface area (Å²) in [5, 5.41) is 17.9. The van der Waals surface area contributed by atoms with Crippen LogP contribution in [0.15, 0.2) is 0 Å². The molecule has 4 amide bonds. The maximum absolute atomic E-state index is 11.6. The summed E-state index contributed by atoms with van der Waals surface area (Å²) >= 11 is 3.06. The van der Waals surface area contributed by atoms with Crippen molar-refractivity contribution in [2.24, 2.45) is 11.5 Å². The summed E-state index contributed by atoms with van der Waals surface area (Å²) in [5.41, 5.74) is 10.9. The summed E-state index contributed by atoms with van der Waals surface area (Å²) in [7, 11) is 0. The van der Waals surface area contributed by atoms with Gasteiger partial charge in [0.25, 0.3) is 0 Å². The van der Waals surface area contributed by atoms with Gasteiger partial charge in [0.05, 0.1) is 11.5 Å². The minimum Gasteiger partial charge on any atom is -0.356 e. The Kier molecular flexibility index (Phi) is 38.1. The first-order chi connectivity index (χ1) is 21.3. The molecule has 12 nitrogen and oxygen atoms in total. The van der Waals surface area contributed by atoms with Crippen LogP contribution in [0.3, 0.4) is 0 Å². The van der Waals surface area contributed by atoms with Crippen LogP contribution in [0.25, 0.3) is 0 Å². The van der Waals surface area contributed by atoms with E-state index in [1.165, 1.54) is 69.5 Å². The molecule has 0 bridgehead atoms. The Labute approximate surface area is 275 Å². The lowest BCUT2D eigenvalue weighted by atomic mass is 10.1. The third-order valence-corrected chi connectivity index (χ3v) is 7.95. The fourth-order valence-corrected chi connectivity index (χ4v) is 5.01. The summed E-state index contributed by atoms with van der Waals surface area (Å²) < 4.78 is 0. The van der Waals surface area contributed by atoms with E-state index in [9.17, 15) is 19.2 Å². The zero-order chi connectivity index (χ0) is 32.9. The van der Waals surface area contributed by atoms with Gasteiger partial charge in [0.2, 0.25) is 23.6 Å². The maximum Gasteiger partial charge on any atom is 0.229 e. The van der Waals surface area contributed by atoms with E-state index in [2.05, 4.69) is 31.9 Å². The van der Waals surface area contributed by atoms with Crippen molar-refractivity contribution in [1.29, 1.82) is 0 Å². The quantitative estimate of drug-likeness (QED) is 0.0513. The van der Waals surface area contributed by atoms with Crippen molar-refractivity contribution in [3.8, 4) is 0 Å². The molecule has 0 aromatic heterocycles. The molecule has 0 saturated carbocycles. The molecule has 0 aliphatic carbocycles. The second kappa shape index (κ2) is 37.6. The molecule has 0 heterocycles. The topological polar surface area (TPSA) is 192 Å². The van der Waals surface area contributed by atoms with Crippen LogP contribution in [0.5, 0.6) is 0 Å². The standard InChI is InChI=1S/C17H36N4O2S.C13H28N4O2S/c1-16(22)20-13-14-24-15-17(23)21-12-8-11-19-10-7-5-3-2-4-6-9-18;1-12(18)16-9-10-20-11-13(19)17-8-4-7-15-6-3-2-5-14/h19H,2-15,18H2,1H3,(H,20,22)(H,21,23);15H,2-11,14H2,1H3,(H,16,18)(H,17,19). The first kappa shape index (κ1) is 44.5. The van der Waals surface area contributed by atoms with Crippen LogP contribution in [-0.4, -0.2) is 112 Å². The molecule has 0 saturated heterocycles. The Morgan fingerprint density at radius 1 is 0.455 bits per heavy atom. The highest BCUT2D eigenvalue weighted by atomic mass is 32.2. The molecule has 0 atom stereocenters. The molecular formula is C30H64N8O4S2. The lowest BCUT2D eigenvalue weighted by Crippen LogP contribution is -2.29. The van der Waals surface area contributed by atoms with Crippen LogP contribution < -0.4 is 43.4 Å². The molecule has 0 fully saturated rings. The van der Waals surface area contributed by atoms with E-state index < -0.39 is 0 Å². The highest BCUT2D eigenvalue weighted by Crippen LogP contribution is 2.04. The lowest BCUT2D eigenvalue weighted by Gasteiger charge is -2.07. The van der Waals surface area contributed by atoms with E-state index in [-0.39, 0.29) is 23.6 Å². The van der Waals surface area contributed by atoms with Crippen molar-refractivity contribution < 1.29 is 19.2 Å². The van der Waals surface area contributed by atoms with E-state index in [4.69, 9.17) is 11.5 Å². The predicted octanol–water partition coefficient (Wildman–Crippen LogP) is 0.941. The average molecular weight is 665 g/mol. The number of nitrogens with two attached hydrogens (primary N) is 2. The van der Waals surface area contributed by atoms with E-state index in [1.54, 1.807) is 0 Å². The van der Waals surface area contributed by atoms with Crippen molar-refractivity contribution in [3.63, 3.8) is 0 Å². The van der Waals surface area contributed by atoms with Gasteiger partial charge in [-0.1, -0.05) is 25.7 Å². The largest absolute Gasteiger partial charge is 0.356 e. The second-order valence-electron chi connectivity index (χ2n) is 10.4. The minimum atomic E-state index is -0.0333. The van der Waals surface area contributed by atoms with Crippen LogP contribution in [0.4, 0.5) is 0 Å². The maximum atomic E-state index is 11.6. The molecule has 0 radical (unpaired) electrons. The highest BCUT2D eigenvalue weighted by molar-refractivity contribution is 8.00. The molecule has 0 rings (SSSR count). The van der Waals surface area contributed by atoms with Crippen LogP contribution in [0.1, 0.15) is 78.1 Å². The van der Waals surface area contributed by atoms with Crippen molar-refractivity contribution >= 4 is 47.2 Å². The number of unbranched alkanes of at least 4 members (excludes halogenated alkanes) is 6. The Morgan fingerprint density at radius 2 is 0.818 bits per heavy atom. The van der Waals surface area contributed by atoms with Gasteiger partial charge >= 0.3 is 0 Å². The number of rotatable bonds is 30. The zero-order valence-corrected chi connectivity index (χ0v) is 29.2. The van der Waals surface area contributed by atoms with E-state index in [1.807, 2.05) is 0 Å². The monoisotopic (exact) mass is 664 g/mol. The molecule has 0 aromatic carbocycles. The predicted molar refractivity (Wildman–Crippen MR) is 188 cm³/mol. The molecule has 0 unspecified atom stereocenters. The number of carbonyl (C=O) groups excluding carboxylic acids is 4. The van der Waals surface area contributed by atoms with Gasteiger partial charge in [-0.15, -0.1) is 0 Å². The SMILES string of the molecule is CC(=O)NCCSCC(=O)NCCCNCCCCCCCCN.CC(=O)NCCSCC(=O)NCCCNCCCCN. The Bertz CT molecular complexity index is 693. The molecule has 260 valence electrons. The fourth-order valence-electron chi connectivity index (χ4n) is 3.66. The van der Waals surface area contributed by atoms with Gasteiger partial charge in [-0.05, 0) is 77.8 Å². The summed E-state index contributed by atoms with van der Waals surface area (Å²) in [4.78, 5) is 44.3. The third kappa shape index (κ3) is 42.6. The van der Waals surface area contributed by atoms with Crippen molar-refractivity contribution in [2.75, 3.05) is 88.5 Å². The Hall–Kier alpha value is -1.58. The third-order valence-electron chi connectivity index (χ3n) is 6.03. The van der Waals surface area contributed by atoms with Crippen LogP contribution in [0, 0.1) is 0 Å². The highest BCUT2D eigenvalue weighted by Gasteiger charge is 2.02. The molecule has 44 heavy (non-hydrogen) atoms. The molecule has 0 aliphatic heterocycles. The fraction of sp³-hybridized carbons (Fsp3) is 0.867. The summed E-state index contributed by atoms with van der Waals surface area (Å²) in [6.45, 7) is 11.1. The van der Waals surface area contributed by atoms with Crippen LogP contribution in [-0.2, 0) is 19.2 Å². The number of nitrogens with one attached hydrogen (secondary N) is 6. The van der Waals surface area contributed by atoms with Gasteiger partial charge < -0.3 is 43.4 Å². The molecule has 14 heteroatoms. The lowest BCUT2D eigenvalue weighted by molar-refractivity contribution is -0.119. The van der Waals surface area contributed by atoms with Crippen molar-refractivity contribution in [3.05, 3.63) is 0 Å². The van der Waals surface area contributed by atoms with Crippen molar-refractivity contribution in [1.82, 2.24) is 31.9 Å². The molecule has 0 aromatic rings. The number of carbonyl (C=O) groups is 4. The number of hydrogen-bond acceptors (Lipinski definition) is 10. The van der Waals surface area contributed by atoms with Gasteiger partial charge in [-0.2, -0.15) is 23.5 Å². The van der Waals surface area contributed by atoms with Gasteiger partial charge in [-0.25, -0.2) is 0 Å². The van der Waals surface area contributed by atoms with E-state index >= 15 is 0 Å². The van der Waals surface area contributed by atoms with Crippen LogP contribution in [0.2, 0.25) is 0 Å². The Morgan fingerprint density at radius 3 is 1.25 bits per heavy atom. The Balaban J connectivity index is 0. The van der Waals surface area contributed by atoms with Crippen LogP contribution >= 0.6 is 23.5 Å². The summed E-state index contributed by atoms with van der Waals surface area (Å²) in [6, 6.07) is 0. The van der Waals surface area contributed by atoms with Gasteiger partial charge in [0.15, 0.2) is 0 Å². The molecule has 0 aliphatic rings. The van der Waals surface area contributed by atoms with Gasteiger partial charge in [-0.3, -0.25) is 19.2 Å². The first-order valence-electron chi connectivity index (χ1n) is 16.3. The van der Waals surface area contributed by atoms with Crippen molar-refractivity contribution in [2.45, 2.75) is 78.1 Å². The number of amides is 4. The van der Waals surface area contributed by atoms with Gasteiger partial charge in [0.1, 0.15) is 0 Å². The normalized spacial score (nSPS) is 10.5. The van der Waals surface area contributed by atoms with E-state index in [0.29, 0.717) is 31.1 Å².